The van der Waals surface area contributed by atoms with Crippen LogP contribution in [0.4, 0.5) is 0 Å². The molecule has 0 bridgehead atoms. The zero-order valence-corrected chi connectivity index (χ0v) is 20.4. The highest BCUT2D eigenvalue weighted by atomic mass is 16.4. The van der Waals surface area contributed by atoms with Crippen LogP contribution >= 0.6 is 0 Å². The number of rotatable bonds is 13. The Kier molecular flexibility index (Phi) is 10.9. The minimum absolute atomic E-state index is 0.000152. The molecule has 2 aromatic rings. The minimum atomic E-state index is -1.24. The zero-order valence-electron chi connectivity index (χ0n) is 20.4. The number of benzene rings is 2. The summed E-state index contributed by atoms with van der Waals surface area (Å²) in [6, 6.07) is 12.2. The molecule has 0 aliphatic carbocycles. The van der Waals surface area contributed by atoms with Gasteiger partial charge >= 0.3 is 5.97 Å². The number of nitrogens with one attached hydrogen (secondary N) is 3. The molecule has 0 spiro atoms. The van der Waals surface area contributed by atoms with Crippen LogP contribution in [0.2, 0.25) is 0 Å². The number of amides is 3. The first-order chi connectivity index (χ1) is 17.1. The van der Waals surface area contributed by atoms with E-state index >= 15 is 0 Å². The SMILES string of the molecule is CCC(C)C(NC(=O)C(N)Cc1ccccc1)C(=O)NCC(=O)NC(Cc1ccc(O)cc1)C(=O)O. The van der Waals surface area contributed by atoms with Gasteiger partial charge in [-0.3, -0.25) is 14.4 Å². The second-order valence-corrected chi connectivity index (χ2v) is 8.71. The van der Waals surface area contributed by atoms with Crippen molar-refractivity contribution in [1.29, 1.82) is 0 Å². The molecule has 0 aliphatic heterocycles. The summed E-state index contributed by atoms with van der Waals surface area (Å²) >= 11 is 0. The molecule has 10 heteroatoms. The van der Waals surface area contributed by atoms with Gasteiger partial charge in [-0.1, -0.05) is 62.7 Å². The number of carbonyl (C=O) groups is 4. The van der Waals surface area contributed by atoms with Gasteiger partial charge in [0.1, 0.15) is 17.8 Å². The molecule has 36 heavy (non-hydrogen) atoms. The van der Waals surface area contributed by atoms with Crippen LogP contribution in [0.25, 0.3) is 0 Å². The highest BCUT2D eigenvalue weighted by molar-refractivity contribution is 5.92. The van der Waals surface area contributed by atoms with E-state index in [2.05, 4.69) is 16.0 Å². The molecule has 2 rings (SSSR count). The Bertz CT molecular complexity index is 1030. The second-order valence-electron chi connectivity index (χ2n) is 8.71. The topological polar surface area (TPSA) is 171 Å². The molecule has 0 heterocycles. The fourth-order valence-electron chi connectivity index (χ4n) is 3.51. The minimum Gasteiger partial charge on any atom is -0.508 e. The molecule has 3 amide bonds. The number of hydrogen-bond acceptors (Lipinski definition) is 6. The van der Waals surface area contributed by atoms with Crippen LogP contribution in [-0.4, -0.2) is 58.6 Å². The smallest absolute Gasteiger partial charge is 0.326 e. The van der Waals surface area contributed by atoms with Crippen molar-refractivity contribution in [2.75, 3.05) is 6.54 Å². The fraction of sp³-hybridized carbons (Fsp3) is 0.385. The maximum atomic E-state index is 12.8. The maximum Gasteiger partial charge on any atom is 0.326 e. The van der Waals surface area contributed by atoms with Crippen molar-refractivity contribution in [1.82, 2.24) is 16.0 Å². The monoisotopic (exact) mass is 498 g/mol. The summed E-state index contributed by atoms with van der Waals surface area (Å²) in [6.45, 7) is 3.21. The third-order valence-electron chi connectivity index (χ3n) is 5.86. The van der Waals surface area contributed by atoms with E-state index in [4.69, 9.17) is 5.73 Å². The molecule has 0 radical (unpaired) electrons. The molecule has 7 N–H and O–H groups in total. The van der Waals surface area contributed by atoms with Crippen molar-refractivity contribution in [3.63, 3.8) is 0 Å². The number of aromatic hydroxyl groups is 1. The largest absolute Gasteiger partial charge is 0.508 e. The van der Waals surface area contributed by atoms with Gasteiger partial charge in [0.25, 0.3) is 0 Å². The average Bonchev–Trinajstić information content (AvgIpc) is 2.86. The lowest BCUT2D eigenvalue weighted by atomic mass is 9.97. The Hall–Kier alpha value is -3.92. The molecule has 4 atom stereocenters. The standard InChI is InChI=1S/C26H34N4O6/c1-3-16(2)23(30-24(33)20(27)13-17-7-5-4-6-8-17)25(34)28-15-22(32)29-21(26(35)36)14-18-9-11-19(31)12-10-18/h4-12,16,20-21,23,31H,3,13-15,27H2,1-2H3,(H,28,34)(H,29,32)(H,30,33)(H,35,36). The quantitative estimate of drug-likeness (QED) is 0.236. The van der Waals surface area contributed by atoms with Crippen LogP contribution in [0.3, 0.4) is 0 Å². The van der Waals surface area contributed by atoms with Gasteiger partial charge in [0.05, 0.1) is 12.6 Å². The maximum absolute atomic E-state index is 12.8. The van der Waals surface area contributed by atoms with E-state index in [9.17, 15) is 29.4 Å². The van der Waals surface area contributed by atoms with E-state index in [1.54, 1.807) is 19.1 Å². The van der Waals surface area contributed by atoms with Gasteiger partial charge in [-0.05, 0) is 35.6 Å². The molecule has 0 saturated carbocycles. The predicted octanol–water partition coefficient (Wildman–Crippen LogP) is 0.721. The molecule has 10 nitrogen and oxygen atoms in total. The van der Waals surface area contributed by atoms with Crippen LogP contribution < -0.4 is 21.7 Å². The summed E-state index contributed by atoms with van der Waals surface area (Å²) < 4.78 is 0. The molecule has 0 aliphatic rings. The van der Waals surface area contributed by atoms with Gasteiger partial charge < -0.3 is 31.9 Å². The van der Waals surface area contributed by atoms with E-state index in [-0.39, 0.29) is 18.1 Å². The van der Waals surface area contributed by atoms with Crippen molar-refractivity contribution in [2.45, 2.75) is 51.2 Å². The molecular formula is C26H34N4O6. The van der Waals surface area contributed by atoms with Gasteiger partial charge in [0.2, 0.25) is 17.7 Å². The number of carboxylic acid groups (broad SMARTS) is 1. The van der Waals surface area contributed by atoms with Crippen molar-refractivity contribution in [3.05, 3.63) is 65.7 Å². The number of hydrogen-bond donors (Lipinski definition) is 6. The van der Waals surface area contributed by atoms with Crippen molar-refractivity contribution in [3.8, 4) is 5.75 Å². The summed E-state index contributed by atoms with van der Waals surface area (Å²) in [5.74, 6) is -3.17. The first-order valence-corrected chi connectivity index (χ1v) is 11.8. The lowest BCUT2D eigenvalue weighted by molar-refractivity contribution is -0.141. The molecular weight excluding hydrogens is 464 g/mol. The molecule has 0 fully saturated rings. The van der Waals surface area contributed by atoms with Crippen LogP contribution in [0, 0.1) is 5.92 Å². The van der Waals surface area contributed by atoms with Gasteiger partial charge in [-0.2, -0.15) is 0 Å². The zero-order chi connectivity index (χ0) is 26.7. The highest BCUT2D eigenvalue weighted by Crippen LogP contribution is 2.12. The van der Waals surface area contributed by atoms with E-state index in [0.29, 0.717) is 18.4 Å². The number of phenolic OH excluding ortho intramolecular Hbond substituents is 1. The molecule has 194 valence electrons. The van der Waals surface area contributed by atoms with E-state index in [1.807, 2.05) is 37.3 Å². The molecule has 0 saturated heterocycles. The molecule has 0 aromatic heterocycles. The molecule has 2 aromatic carbocycles. The number of phenols is 1. The van der Waals surface area contributed by atoms with Crippen LogP contribution in [-0.2, 0) is 32.0 Å². The number of aliphatic carboxylic acids is 1. The first-order valence-electron chi connectivity index (χ1n) is 11.8. The summed E-state index contributed by atoms with van der Waals surface area (Å²) in [7, 11) is 0. The van der Waals surface area contributed by atoms with Gasteiger partial charge in [0.15, 0.2) is 0 Å². The van der Waals surface area contributed by atoms with Crippen LogP contribution in [0.5, 0.6) is 5.75 Å². The highest BCUT2D eigenvalue weighted by Gasteiger charge is 2.28. The van der Waals surface area contributed by atoms with Gasteiger partial charge in [0, 0.05) is 6.42 Å². The Morgan fingerprint density at radius 2 is 1.50 bits per heavy atom. The Balaban J connectivity index is 1.93. The first kappa shape index (κ1) is 28.3. The predicted molar refractivity (Wildman–Crippen MR) is 134 cm³/mol. The van der Waals surface area contributed by atoms with Gasteiger partial charge in [-0.25, -0.2) is 4.79 Å². The lowest BCUT2D eigenvalue weighted by Crippen LogP contribution is -2.56. The summed E-state index contributed by atoms with van der Waals surface area (Å²) in [5.41, 5.74) is 7.54. The summed E-state index contributed by atoms with van der Waals surface area (Å²) in [5, 5.41) is 26.4. The van der Waals surface area contributed by atoms with Crippen molar-refractivity contribution < 1.29 is 29.4 Å². The average molecular weight is 499 g/mol. The van der Waals surface area contributed by atoms with Crippen LogP contribution in [0.15, 0.2) is 54.6 Å². The number of carbonyl (C=O) groups excluding carboxylic acids is 3. The third-order valence-corrected chi connectivity index (χ3v) is 5.86. The van der Waals surface area contributed by atoms with Crippen molar-refractivity contribution >= 4 is 23.7 Å². The normalized spacial score (nSPS) is 14.1. The summed E-state index contributed by atoms with van der Waals surface area (Å²) in [4.78, 5) is 49.4. The van der Waals surface area contributed by atoms with E-state index in [0.717, 1.165) is 5.56 Å². The van der Waals surface area contributed by atoms with E-state index in [1.165, 1.54) is 12.1 Å². The lowest BCUT2D eigenvalue weighted by Gasteiger charge is -2.25. The van der Waals surface area contributed by atoms with Gasteiger partial charge in [-0.15, -0.1) is 0 Å². The Labute approximate surface area is 210 Å². The Morgan fingerprint density at radius 3 is 2.08 bits per heavy atom. The van der Waals surface area contributed by atoms with Crippen LogP contribution in [0.1, 0.15) is 31.4 Å². The fourth-order valence-corrected chi connectivity index (χ4v) is 3.51. The summed E-state index contributed by atoms with van der Waals surface area (Å²) in [6.07, 6.45) is 0.897. The van der Waals surface area contributed by atoms with E-state index < -0.39 is 48.4 Å². The second kappa shape index (κ2) is 13.8. The number of nitrogens with two attached hydrogens (primary N) is 1. The van der Waals surface area contributed by atoms with Crippen molar-refractivity contribution in [2.24, 2.45) is 11.7 Å². The number of carboxylic acids is 1. The Morgan fingerprint density at radius 1 is 0.889 bits per heavy atom. The molecule has 4 unspecified atom stereocenters. The third kappa shape index (κ3) is 9.03.